The highest BCUT2D eigenvalue weighted by atomic mass is 16.1. The maximum atomic E-state index is 13.2. The molecule has 1 aromatic heterocycles. The van der Waals surface area contributed by atoms with Gasteiger partial charge in [0.15, 0.2) is 0 Å². The van der Waals surface area contributed by atoms with Crippen LogP contribution in [0.5, 0.6) is 0 Å². The molecular weight excluding hydrogens is 370 g/mol. The number of hydrogen-bond acceptors (Lipinski definition) is 3. The van der Waals surface area contributed by atoms with Crippen LogP contribution >= 0.6 is 0 Å². The fraction of sp³-hybridized carbons (Fsp3) is 0.500. The van der Waals surface area contributed by atoms with Gasteiger partial charge in [0.05, 0.1) is 0 Å². The largest absolute Gasteiger partial charge is 0.312 e. The zero-order valence-corrected chi connectivity index (χ0v) is 17.9. The molecule has 0 N–H and O–H groups in total. The predicted octanol–water partition coefficient (Wildman–Crippen LogP) is 3.97. The van der Waals surface area contributed by atoms with E-state index in [2.05, 4.69) is 69.0 Å². The van der Waals surface area contributed by atoms with Crippen molar-refractivity contribution in [2.24, 2.45) is 5.92 Å². The summed E-state index contributed by atoms with van der Waals surface area (Å²) in [6.45, 7) is 7.12. The molecule has 0 radical (unpaired) electrons. The molecule has 0 amide bonds. The van der Waals surface area contributed by atoms with Gasteiger partial charge in [-0.25, -0.2) is 0 Å². The van der Waals surface area contributed by atoms with Crippen LogP contribution in [0.4, 0.5) is 0 Å². The van der Waals surface area contributed by atoms with Crippen molar-refractivity contribution >= 4 is 6.08 Å². The van der Waals surface area contributed by atoms with Crippen molar-refractivity contribution in [2.45, 2.75) is 44.7 Å². The van der Waals surface area contributed by atoms with Gasteiger partial charge in [-0.2, -0.15) is 0 Å². The van der Waals surface area contributed by atoms with Gasteiger partial charge in [-0.05, 0) is 49.9 Å². The summed E-state index contributed by atoms with van der Waals surface area (Å²) in [5, 5.41) is 0. The minimum atomic E-state index is 0.269. The molecule has 0 spiro atoms. The Morgan fingerprint density at radius 2 is 1.73 bits per heavy atom. The maximum absolute atomic E-state index is 13.2. The van der Waals surface area contributed by atoms with Gasteiger partial charge in [-0.15, -0.1) is 0 Å². The van der Waals surface area contributed by atoms with Crippen molar-refractivity contribution in [3.63, 3.8) is 0 Å². The number of piperidine rings is 2. The zero-order chi connectivity index (χ0) is 20.3. The van der Waals surface area contributed by atoms with Crippen molar-refractivity contribution < 1.29 is 0 Å². The lowest BCUT2D eigenvalue weighted by Gasteiger charge is -2.42. The van der Waals surface area contributed by atoms with Crippen LogP contribution in [0.15, 0.2) is 53.3 Å². The highest BCUT2D eigenvalue weighted by Gasteiger charge is 2.34. The van der Waals surface area contributed by atoms with Gasteiger partial charge in [0.1, 0.15) is 0 Å². The first-order valence-corrected chi connectivity index (χ1v) is 11.7. The van der Waals surface area contributed by atoms with Crippen molar-refractivity contribution in [1.29, 1.82) is 0 Å². The van der Waals surface area contributed by atoms with Crippen LogP contribution in [0.2, 0.25) is 0 Å². The predicted molar refractivity (Wildman–Crippen MR) is 123 cm³/mol. The lowest BCUT2D eigenvalue weighted by atomic mass is 9.83. The molecule has 158 valence electrons. The topological polar surface area (TPSA) is 28.5 Å². The number of aromatic nitrogens is 1. The minimum absolute atomic E-state index is 0.269. The van der Waals surface area contributed by atoms with E-state index in [9.17, 15) is 4.79 Å². The molecule has 3 aliphatic rings. The van der Waals surface area contributed by atoms with E-state index in [4.69, 9.17) is 0 Å². The number of nitrogens with zero attached hydrogens (tertiary/aromatic N) is 3. The van der Waals surface area contributed by atoms with E-state index in [0.717, 1.165) is 51.4 Å². The number of pyridine rings is 1. The number of likely N-dealkylation sites (tertiary alicyclic amines) is 2. The van der Waals surface area contributed by atoms with Crippen LogP contribution in [0, 0.1) is 5.92 Å². The third kappa shape index (κ3) is 4.30. The molecular formula is C26H33N3O. The SMILES string of the molecule is O=c1c(CN2CCCCC2)ccc2n1C[C@H]1C[C@@H]2CN(C/C=C/c2ccccc2)C1. The molecule has 0 saturated carbocycles. The summed E-state index contributed by atoms with van der Waals surface area (Å²) in [4.78, 5) is 18.3. The maximum Gasteiger partial charge on any atom is 0.255 e. The van der Waals surface area contributed by atoms with Crippen LogP contribution < -0.4 is 5.56 Å². The fourth-order valence-electron chi connectivity index (χ4n) is 5.62. The number of rotatable bonds is 5. The molecule has 2 aromatic rings. The van der Waals surface area contributed by atoms with Crippen molar-refractivity contribution in [3.8, 4) is 0 Å². The summed E-state index contributed by atoms with van der Waals surface area (Å²) in [7, 11) is 0. The summed E-state index contributed by atoms with van der Waals surface area (Å²) in [6.07, 6.45) is 9.60. The van der Waals surface area contributed by atoms with Crippen LogP contribution in [0.25, 0.3) is 6.08 Å². The molecule has 4 heteroatoms. The number of hydrogen-bond donors (Lipinski definition) is 0. The van der Waals surface area contributed by atoms with E-state index in [1.54, 1.807) is 0 Å². The first kappa shape index (κ1) is 19.8. The van der Waals surface area contributed by atoms with E-state index in [0.29, 0.717) is 11.8 Å². The van der Waals surface area contributed by atoms with E-state index in [1.165, 1.54) is 36.9 Å². The second kappa shape index (κ2) is 8.91. The van der Waals surface area contributed by atoms with Gasteiger partial charge in [0, 0.05) is 49.9 Å². The normalized spacial score (nSPS) is 24.8. The fourth-order valence-corrected chi connectivity index (χ4v) is 5.62. The second-order valence-electron chi connectivity index (χ2n) is 9.37. The highest BCUT2D eigenvalue weighted by Crippen LogP contribution is 2.35. The molecule has 30 heavy (non-hydrogen) atoms. The zero-order valence-electron chi connectivity index (χ0n) is 17.9. The first-order valence-electron chi connectivity index (χ1n) is 11.7. The van der Waals surface area contributed by atoms with Crippen molar-refractivity contribution in [3.05, 3.63) is 75.7 Å². The molecule has 0 unspecified atom stereocenters. The molecule has 4 nitrogen and oxygen atoms in total. The third-order valence-corrected chi connectivity index (χ3v) is 7.07. The van der Waals surface area contributed by atoms with Gasteiger partial charge >= 0.3 is 0 Å². The molecule has 0 aliphatic carbocycles. The monoisotopic (exact) mass is 403 g/mol. The Kier molecular flexibility index (Phi) is 5.87. The summed E-state index contributed by atoms with van der Waals surface area (Å²) in [6, 6.07) is 14.9. The molecule has 2 fully saturated rings. The Hall–Kier alpha value is -2.17. The van der Waals surface area contributed by atoms with Crippen LogP contribution in [0.1, 0.15) is 48.4 Å². The molecule has 1 aromatic carbocycles. The Morgan fingerprint density at radius 3 is 2.57 bits per heavy atom. The molecule has 4 heterocycles. The van der Waals surface area contributed by atoms with E-state index in [-0.39, 0.29) is 5.56 Å². The molecule has 2 saturated heterocycles. The first-order chi connectivity index (χ1) is 14.8. The third-order valence-electron chi connectivity index (χ3n) is 7.07. The van der Waals surface area contributed by atoms with E-state index < -0.39 is 0 Å². The van der Waals surface area contributed by atoms with Gasteiger partial charge in [-0.1, -0.05) is 55.0 Å². The number of benzene rings is 1. The Labute approximate surface area is 179 Å². The quantitative estimate of drug-likeness (QED) is 0.756. The van der Waals surface area contributed by atoms with E-state index >= 15 is 0 Å². The Morgan fingerprint density at radius 1 is 0.900 bits per heavy atom. The lowest BCUT2D eigenvalue weighted by Crippen LogP contribution is -2.47. The smallest absolute Gasteiger partial charge is 0.255 e. The average molecular weight is 404 g/mol. The molecule has 5 rings (SSSR count). The average Bonchev–Trinajstić information content (AvgIpc) is 2.77. The highest BCUT2D eigenvalue weighted by molar-refractivity contribution is 5.48. The lowest BCUT2D eigenvalue weighted by molar-refractivity contribution is 0.131. The second-order valence-corrected chi connectivity index (χ2v) is 9.37. The number of fused-ring (bicyclic) bond motifs is 4. The Balaban J connectivity index is 1.27. The van der Waals surface area contributed by atoms with Crippen LogP contribution in [-0.4, -0.2) is 47.1 Å². The summed E-state index contributed by atoms with van der Waals surface area (Å²) >= 11 is 0. The standard InChI is InChI=1S/C26H33N3O/c30-26-23(19-27-13-5-2-6-14-27)11-12-25-24-16-22(18-29(25)26)17-28(20-24)15-7-10-21-8-3-1-4-9-21/h1,3-4,7-12,22,24H,2,5-6,13-20H2/b10-7+/t22-,24+/m0/s1. The molecule has 2 atom stereocenters. The van der Waals surface area contributed by atoms with Crippen molar-refractivity contribution in [2.75, 3.05) is 32.7 Å². The van der Waals surface area contributed by atoms with Gasteiger partial charge in [-0.3, -0.25) is 14.6 Å². The minimum Gasteiger partial charge on any atom is -0.312 e. The Bertz CT molecular complexity index is 942. The molecule has 2 bridgehead atoms. The molecule has 3 aliphatic heterocycles. The van der Waals surface area contributed by atoms with Crippen LogP contribution in [-0.2, 0) is 13.1 Å². The van der Waals surface area contributed by atoms with Gasteiger partial charge in [0.2, 0.25) is 0 Å². The summed E-state index contributed by atoms with van der Waals surface area (Å²) in [5.41, 5.74) is 3.77. The summed E-state index contributed by atoms with van der Waals surface area (Å²) in [5.74, 6) is 1.07. The van der Waals surface area contributed by atoms with Gasteiger partial charge in [0.25, 0.3) is 5.56 Å². The van der Waals surface area contributed by atoms with E-state index in [1.807, 2.05) is 0 Å². The van der Waals surface area contributed by atoms with Gasteiger partial charge < -0.3 is 4.57 Å². The van der Waals surface area contributed by atoms with Crippen molar-refractivity contribution in [1.82, 2.24) is 14.4 Å². The summed E-state index contributed by atoms with van der Waals surface area (Å²) < 4.78 is 2.12. The van der Waals surface area contributed by atoms with Crippen LogP contribution in [0.3, 0.4) is 0 Å².